The molecule has 1 aromatic rings. The van der Waals surface area contributed by atoms with Gasteiger partial charge in [0.05, 0.1) is 12.0 Å². The van der Waals surface area contributed by atoms with Crippen LogP contribution in [0.3, 0.4) is 0 Å². The highest BCUT2D eigenvalue weighted by molar-refractivity contribution is 5.79. The van der Waals surface area contributed by atoms with Crippen molar-refractivity contribution in [3.63, 3.8) is 0 Å². The van der Waals surface area contributed by atoms with Crippen LogP contribution in [0, 0.1) is 0 Å². The first-order valence-electron chi connectivity index (χ1n) is 6.20. The lowest BCUT2D eigenvalue weighted by molar-refractivity contribution is -0.123. The second-order valence-electron chi connectivity index (χ2n) is 4.52. The van der Waals surface area contributed by atoms with Gasteiger partial charge in [-0.25, -0.2) is 4.98 Å². The maximum Gasteiger partial charge on any atom is 0.242 e. The SMILES string of the molecule is CNC(=O)C(C)n1cncc1C1CCCCN1. The zero-order valence-electron chi connectivity index (χ0n) is 10.4. The van der Waals surface area contributed by atoms with Gasteiger partial charge in [-0.2, -0.15) is 0 Å². The van der Waals surface area contributed by atoms with Crippen LogP contribution in [-0.4, -0.2) is 29.1 Å². The molecule has 2 rings (SSSR count). The summed E-state index contributed by atoms with van der Waals surface area (Å²) in [6.07, 6.45) is 7.19. The summed E-state index contributed by atoms with van der Waals surface area (Å²) in [6, 6.07) is 0.125. The van der Waals surface area contributed by atoms with E-state index < -0.39 is 0 Å². The van der Waals surface area contributed by atoms with Crippen molar-refractivity contribution in [1.29, 1.82) is 0 Å². The van der Waals surface area contributed by atoms with Crippen LogP contribution in [0.25, 0.3) is 0 Å². The van der Waals surface area contributed by atoms with E-state index in [2.05, 4.69) is 15.6 Å². The second-order valence-corrected chi connectivity index (χ2v) is 4.52. The predicted octanol–water partition coefficient (Wildman–Crippen LogP) is 1.00. The first-order valence-corrected chi connectivity index (χ1v) is 6.20. The average Bonchev–Trinajstić information content (AvgIpc) is 2.87. The molecule has 1 saturated heterocycles. The molecular formula is C12H20N4O. The van der Waals surface area contributed by atoms with Crippen molar-refractivity contribution in [2.45, 2.75) is 38.3 Å². The van der Waals surface area contributed by atoms with Crippen LogP contribution in [0.5, 0.6) is 0 Å². The summed E-state index contributed by atoms with van der Waals surface area (Å²) < 4.78 is 1.96. The molecule has 2 heterocycles. The van der Waals surface area contributed by atoms with E-state index in [1.165, 1.54) is 12.8 Å². The lowest BCUT2D eigenvalue weighted by Gasteiger charge is -2.26. The van der Waals surface area contributed by atoms with E-state index in [1.807, 2.05) is 17.7 Å². The molecule has 1 aromatic heterocycles. The van der Waals surface area contributed by atoms with Crippen molar-refractivity contribution in [2.75, 3.05) is 13.6 Å². The highest BCUT2D eigenvalue weighted by Gasteiger charge is 2.22. The van der Waals surface area contributed by atoms with Gasteiger partial charge in [0.25, 0.3) is 0 Å². The van der Waals surface area contributed by atoms with E-state index in [-0.39, 0.29) is 11.9 Å². The van der Waals surface area contributed by atoms with Gasteiger partial charge in [-0.05, 0) is 26.3 Å². The molecular weight excluding hydrogens is 216 g/mol. The summed E-state index contributed by atoms with van der Waals surface area (Å²) >= 11 is 0. The summed E-state index contributed by atoms with van der Waals surface area (Å²) in [6.45, 7) is 2.94. The quantitative estimate of drug-likeness (QED) is 0.823. The second kappa shape index (κ2) is 5.31. The van der Waals surface area contributed by atoms with Crippen LogP contribution in [0.2, 0.25) is 0 Å². The lowest BCUT2D eigenvalue weighted by Crippen LogP contribution is -2.32. The van der Waals surface area contributed by atoms with E-state index in [4.69, 9.17) is 0 Å². The Kier molecular flexibility index (Phi) is 3.78. The molecule has 5 heteroatoms. The third-order valence-electron chi connectivity index (χ3n) is 3.41. The molecule has 17 heavy (non-hydrogen) atoms. The molecule has 2 atom stereocenters. The Hall–Kier alpha value is -1.36. The van der Waals surface area contributed by atoms with E-state index in [1.54, 1.807) is 13.4 Å². The molecule has 2 N–H and O–H groups in total. The maximum absolute atomic E-state index is 11.7. The number of likely N-dealkylation sites (N-methyl/N-ethyl adjacent to an activating group) is 1. The summed E-state index contributed by atoms with van der Waals surface area (Å²) in [7, 11) is 1.66. The van der Waals surface area contributed by atoms with E-state index in [0.29, 0.717) is 6.04 Å². The maximum atomic E-state index is 11.7. The Morgan fingerprint density at radius 2 is 2.47 bits per heavy atom. The molecule has 1 aliphatic rings. The highest BCUT2D eigenvalue weighted by atomic mass is 16.2. The zero-order chi connectivity index (χ0) is 12.3. The summed E-state index contributed by atoms with van der Waals surface area (Å²) in [4.78, 5) is 15.8. The minimum absolute atomic E-state index is 0.0139. The van der Waals surface area contributed by atoms with Gasteiger partial charge in [0.1, 0.15) is 6.04 Å². The Morgan fingerprint density at radius 1 is 1.65 bits per heavy atom. The van der Waals surface area contributed by atoms with Crippen molar-refractivity contribution in [2.24, 2.45) is 0 Å². The first-order chi connectivity index (χ1) is 8.24. The van der Waals surface area contributed by atoms with Crippen LogP contribution in [-0.2, 0) is 4.79 Å². The van der Waals surface area contributed by atoms with Crippen molar-refractivity contribution in [3.05, 3.63) is 18.2 Å². The fourth-order valence-electron chi connectivity index (χ4n) is 2.35. The molecule has 0 spiro atoms. The van der Waals surface area contributed by atoms with Crippen LogP contribution in [0.4, 0.5) is 0 Å². The van der Waals surface area contributed by atoms with Gasteiger partial charge >= 0.3 is 0 Å². The largest absolute Gasteiger partial charge is 0.357 e. The van der Waals surface area contributed by atoms with Gasteiger partial charge in [0.15, 0.2) is 0 Å². The summed E-state index contributed by atoms with van der Waals surface area (Å²) in [5, 5.41) is 6.16. The topological polar surface area (TPSA) is 59.0 Å². The van der Waals surface area contributed by atoms with Crippen molar-refractivity contribution in [1.82, 2.24) is 20.2 Å². The van der Waals surface area contributed by atoms with Gasteiger partial charge in [0, 0.05) is 19.3 Å². The van der Waals surface area contributed by atoms with Gasteiger partial charge in [-0.15, -0.1) is 0 Å². The van der Waals surface area contributed by atoms with Crippen molar-refractivity contribution >= 4 is 5.91 Å². The fraction of sp³-hybridized carbons (Fsp3) is 0.667. The number of imidazole rings is 1. The minimum atomic E-state index is -0.207. The Bertz CT molecular complexity index is 382. The predicted molar refractivity (Wildman–Crippen MR) is 65.6 cm³/mol. The molecule has 0 aliphatic carbocycles. The first kappa shape index (κ1) is 12.1. The van der Waals surface area contributed by atoms with E-state index in [0.717, 1.165) is 18.7 Å². The third-order valence-corrected chi connectivity index (χ3v) is 3.41. The van der Waals surface area contributed by atoms with Crippen LogP contribution in [0.1, 0.15) is 44.0 Å². The zero-order valence-corrected chi connectivity index (χ0v) is 10.4. The van der Waals surface area contributed by atoms with Crippen LogP contribution >= 0.6 is 0 Å². The number of nitrogens with one attached hydrogen (secondary N) is 2. The number of aromatic nitrogens is 2. The summed E-state index contributed by atoms with van der Waals surface area (Å²) in [5.41, 5.74) is 1.11. The molecule has 94 valence electrons. The lowest BCUT2D eigenvalue weighted by atomic mass is 10.0. The number of rotatable bonds is 3. The van der Waals surface area contributed by atoms with Crippen LogP contribution < -0.4 is 10.6 Å². The Labute approximate surface area is 102 Å². The monoisotopic (exact) mass is 236 g/mol. The molecule has 1 fully saturated rings. The number of hydrogen-bond acceptors (Lipinski definition) is 3. The smallest absolute Gasteiger partial charge is 0.242 e. The number of carbonyl (C=O) groups is 1. The standard InChI is InChI=1S/C12H20N4O/c1-9(12(17)13-2)16-8-14-7-11(16)10-5-3-4-6-15-10/h7-10,15H,3-6H2,1-2H3,(H,13,17). The molecule has 1 aliphatic heterocycles. The number of hydrogen-bond donors (Lipinski definition) is 2. The van der Waals surface area contributed by atoms with Gasteiger partial charge in [-0.3, -0.25) is 4.79 Å². The number of amides is 1. The number of nitrogens with zero attached hydrogens (tertiary/aromatic N) is 2. The Balaban J connectivity index is 2.18. The van der Waals surface area contributed by atoms with Gasteiger partial charge < -0.3 is 15.2 Å². The molecule has 0 radical (unpaired) electrons. The molecule has 2 unspecified atom stereocenters. The van der Waals surface area contributed by atoms with Crippen LogP contribution in [0.15, 0.2) is 12.5 Å². The van der Waals surface area contributed by atoms with E-state index >= 15 is 0 Å². The minimum Gasteiger partial charge on any atom is -0.357 e. The number of carbonyl (C=O) groups excluding carboxylic acids is 1. The van der Waals surface area contributed by atoms with Crippen molar-refractivity contribution < 1.29 is 4.79 Å². The van der Waals surface area contributed by atoms with Crippen molar-refractivity contribution in [3.8, 4) is 0 Å². The fourth-order valence-corrected chi connectivity index (χ4v) is 2.35. The summed E-state index contributed by atoms with van der Waals surface area (Å²) in [5.74, 6) is 0.0139. The number of piperidine rings is 1. The Morgan fingerprint density at radius 3 is 3.12 bits per heavy atom. The molecule has 0 saturated carbocycles. The molecule has 0 aromatic carbocycles. The normalized spacial score (nSPS) is 22.1. The average molecular weight is 236 g/mol. The van der Waals surface area contributed by atoms with E-state index in [9.17, 15) is 4.79 Å². The molecule has 1 amide bonds. The van der Waals surface area contributed by atoms with Gasteiger partial charge in [-0.1, -0.05) is 6.42 Å². The molecule has 5 nitrogen and oxygen atoms in total. The highest BCUT2D eigenvalue weighted by Crippen LogP contribution is 2.24. The van der Waals surface area contributed by atoms with Gasteiger partial charge in [0.2, 0.25) is 5.91 Å². The third kappa shape index (κ3) is 2.49. The molecule has 0 bridgehead atoms.